The predicted octanol–water partition coefficient (Wildman–Crippen LogP) is 2.66. The summed E-state index contributed by atoms with van der Waals surface area (Å²) >= 11 is 6.17. The number of nitrogens with zero attached hydrogens (tertiary/aromatic N) is 1. The first-order chi connectivity index (χ1) is 9.24. The molecule has 1 heterocycles. The van der Waals surface area contributed by atoms with Crippen LogP contribution in [0.5, 0.6) is 11.5 Å². The molecule has 0 fully saturated rings. The summed E-state index contributed by atoms with van der Waals surface area (Å²) in [6.07, 6.45) is 2.27. The lowest BCUT2D eigenvalue weighted by Crippen LogP contribution is -2.27. The molecule has 0 aliphatic carbocycles. The van der Waals surface area contributed by atoms with Gasteiger partial charge in [-0.25, -0.2) is 0 Å². The van der Waals surface area contributed by atoms with Crippen molar-refractivity contribution in [2.75, 3.05) is 26.5 Å². The van der Waals surface area contributed by atoms with E-state index in [1.165, 1.54) is 0 Å². The molecule has 0 amide bonds. The van der Waals surface area contributed by atoms with E-state index in [1.54, 1.807) is 0 Å². The topological polar surface area (TPSA) is 41.9 Å². The van der Waals surface area contributed by atoms with Crippen LogP contribution in [0.15, 0.2) is 12.1 Å². The van der Waals surface area contributed by atoms with E-state index in [9.17, 15) is 0 Å². The van der Waals surface area contributed by atoms with Crippen molar-refractivity contribution in [3.8, 4) is 11.5 Å². The highest BCUT2D eigenvalue weighted by Gasteiger charge is 2.19. The van der Waals surface area contributed by atoms with Gasteiger partial charge in [-0.2, -0.15) is 0 Å². The fraction of sp³-hybridized carbons (Fsp3) is 0.571. The van der Waals surface area contributed by atoms with Crippen molar-refractivity contribution in [3.63, 3.8) is 0 Å². The number of fused-ring (bicyclic) bond motifs is 1. The summed E-state index contributed by atoms with van der Waals surface area (Å²) < 4.78 is 10.7. The summed E-state index contributed by atoms with van der Waals surface area (Å²) in [7, 11) is 0. The van der Waals surface area contributed by atoms with Crippen molar-refractivity contribution in [1.29, 1.82) is 0 Å². The van der Waals surface area contributed by atoms with E-state index >= 15 is 0 Å². The summed E-state index contributed by atoms with van der Waals surface area (Å²) in [5.41, 5.74) is 1.08. The monoisotopic (exact) mass is 285 g/mol. The quantitative estimate of drug-likeness (QED) is 0.836. The van der Waals surface area contributed by atoms with E-state index in [-0.39, 0.29) is 13.4 Å². The van der Waals surface area contributed by atoms with E-state index in [0.29, 0.717) is 23.1 Å². The number of unbranched alkanes of at least 4 members (excludes halogenated alkanes) is 1. The number of halogens is 1. The molecule has 0 saturated heterocycles. The van der Waals surface area contributed by atoms with Crippen LogP contribution < -0.4 is 9.47 Å². The molecule has 0 radical (unpaired) electrons. The Hall–Kier alpha value is -0.970. The Bertz CT molecular complexity index is 425. The van der Waals surface area contributed by atoms with Gasteiger partial charge in [-0.15, -0.1) is 0 Å². The molecule has 5 heteroatoms. The average molecular weight is 286 g/mol. The van der Waals surface area contributed by atoms with Gasteiger partial charge in [-0.1, -0.05) is 24.9 Å². The standard InChI is InChI=1S/C14H20ClNO3/c1-2-3-4-16(5-6-17)9-11-7-12(15)14-13(8-11)18-10-19-14/h7-8,17H,2-6,9-10H2,1H3. The smallest absolute Gasteiger partial charge is 0.231 e. The molecule has 0 atom stereocenters. The second kappa shape index (κ2) is 6.98. The lowest BCUT2D eigenvalue weighted by Gasteiger charge is -2.21. The molecule has 0 bridgehead atoms. The molecule has 106 valence electrons. The minimum atomic E-state index is 0.169. The molecular formula is C14H20ClNO3. The van der Waals surface area contributed by atoms with Crippen molar-refractivity contribution >= 4 is 11.6 Å². The zero-order valence-corrected chi connectivity index (χ0v) is 11.9. The van der Waals surface area contributed by atoms with Crippen molar-refractivity contribution in [2.45, 2.75) is 26.3 Å². The van der Waals surface area contributed by atoms with Gasteiger partial charge in [-0.3, -0.25) is 4.90 Å². The first-order valence-corrected chi connectivity index (χ1v) is 7.03. The molecule has 0 saturated carbocycles. The van der Waals surface area contributed by atoms with E-state index in [1.807, 2.05) is 12.1 Å². The number of hydrogen-bond donors (Lipinski definition) is 1. The lowest BCUT2D eigenvalue weighted by atomic mass is 10.1. The maximum atomic E-state index is 9.11. The largest absolute Gasteiger partial charge is 0.454 e. The average Bonchev–Trinajstić information content (AvgIpc) is 2.85. The maximum Gasteiger partial charge on any atom is 0.231 e. The molecular weight excluding hydrogens is 266 g/mol. The molecule has 1 aromatic carbocycles. The second-order valence-electron chi connectivity index (χ2n) is 4.66. The Kier molecular flexibility index (Phi) is 5.31. The molecule has 1 aromatic rings. The zero-order valence-electron chi connectivity index (χ0n) is 11.2. The number of rotatable bonds is 7. The molecule has 19 heavy (non-hydrogen) atoms. The Balaban J connectivity index is 2.06. The Morgan fingerprint density at radius 1 is 1.32 bits per heavy atom. The summed E-state index contributed by atoms with van der Waals surface area (Å²) in [5.74, 6) is 1.34. The van der Waals surface area contributed by atoms with Gasteiger partial charge in [0.1, 0.15) is 0 Å². The first kappa shape index (κ1) is 14.4. The number of benzene rings is 1. The van der Waals surface area contributed by atoms with Crippen molar-refractivity contribution in [3.05, 3.63) is 22.7 Å². The van der Waals surface area contributed by atoms with Crippen LogP contribution in [0, 0.1) is 0 Å². The van der Waals surface area contributed by atoms with E-state index in [4.69, 9.17) is 26.2 Å². The SMILES string of the molecule is CCCCN(CCO)Cc1cc(Cl)c2c(c1)OCO2. The van der Waals surface area contributed by atoms with Gasteiger partial charge in [0.25, 0.3) is 0 Å². The number of aliphatic hydroxyl groups is 1. The molecule has 1 N–H and O–H groups in total. The van der Waals surface area contributed by atoms with Gasteiger partial charge < -0.3 is 14.6 Å². The van der Waals surface area contributed by atoms with E-state index in [2.05, 4.69) is 11.8 Å². The van der Waals surface area contributed by atoms with Gasteiger partial charge in [0, 0.05) is 13.1 Å². The Morgan fingerprint density at radius 3 is 2.89 bits per heavy atom. The second-order valence-corrected chi connectivity index (χ2v) is 5.07. The van der Waals surface area contributed by atoms with Crippen LogP contribution in [0.4, 0.5) is 0 Å². The number of aliphatic hydroxyl groups excluding tert-OH is 1. The van der Waals surface area contributed by atoms with Gasteiger partial charge >= 0.3 is 0 Å². The van der Waals surface area contributed by atoms with E-state index < -0.39 is 0 Å². The van der Waals surface area contributed by atoms with Gasteiger partial charge in [0.05, 0.1) is 11.6 Å². The van der Waals surface area contributed by atoms with Crippen LogP contribution >= 0.6 is 11.6 Å². The Labute approximate surface area is 118 Å². The lowest BCUT2D eigenvalue weighted by molar-refractivity contribution is 0.173. The third-order valence-corrected chi connectivity index (χ3v) is 3.42. The Morgan fingerprint density at radius 2 is 2.16 bits per heavy atom. The van der Waals surface area contributed by atoms with Gasteiger partial charge in [0.2, 0.25) is 6.79 Å². The van der Waals surface area contributed by atoms with Crippen LogP contribution in [0.25, 0.3) is 0 Å². The van der Waals surface area contributed by atoms with Crippen molar-refractivity contribution < 1.29 is 14.6 Å². The highest BCUT2D eigenvalue weighted by molar-refractivity contribution is 6.32. The summed E-state index contributed by atoms with van der Waals surface area (Å²) in [5, 5.41) is 9.70. The number of hydrogen-bond acceptors (Lipinski definition) is 4. The summed E-state index contributed by atoms with van der Waals surface area (Å²) in [6, 6.07) is 3.87. The van der Waals surface area contributed by atoms with Crippen LogP contribution in [-0.4, -0.2) is 36.5 Å². The van der Waals surface area contributed by atoms with Crippen LogP contribution in [0.3, 0.4) is 0 Å². The fourth-order valence-corrected chi connectivity index (χ4v) is 2.45. The number of ether oxygens (including phenoxy) is 2. The zero-order chi connectivity index (χ0) is 13.7. The minimum absolute atomic E-state index is 0.169. The maximum absolute atomic E-state index is 9.11. The van der Waals surface area contributed by atoms with Gasteiger partial charge in [0.15, 0.2) is 11.5 Å². The molecule has 0 unspecified atom stereocenters. The van der Waals surface area contributed by atoms with Crippen molar-refractivity contribution in [1.82, 2.24) is 4.90 Å². The van der Waals surface area contributed by atoms with Gasteiger partial charge in [-0.05, 0) is 30.7 Å². The summed E-state index contributed by atoms with van der Waals surface area (Å²) in [6.45, 7) is 4.97. The molecule has 4 nitrogen and oxygen atoms in total. The van der Waals surface area contributed by atoms with Crippen molar-refractivity contribution in [2.24, 2.45) is 0 Å². The fourth-order valence-electron chi connectivity index (χ4n) is 2.16. The van der Waals surface area contributed by atoms with E-state index in [0.717, 1.165) is 31.5 Å². The highest BCUT2D eigenvalue weighted by Crippen LogP contribution is 2.39. The molecule has 1 aliphatic heterocycles. The van der Waals surface area contributed by atoms with Crippen LogP contribution in [0.2, 0.25) is 5.02 Å². The molecule has 2 rings (SSSR count). The minimum Gasteiger partial charge on any atom is -0.454 e. The van der Waals surface area contributed by atoms with Crippen LogP contribution in [0.1, 0.15) is 25.3 Å². The van der Waals surface area contributed by atoms with Crippen LogP contribution in [-0.2, 0) is 6.54 Å². The third-order valence-electron chi connectivity index (χ3n) is 3.14. The molecule has 1 aliphatic rings. The third kappa shape index (κ3) is 3.75. The first-order valence-electron chi connectivity index (χ1n) is 6.65. The highest BCUT2D eigenvalue weighted by atomic mass is 35.5. The normalized spacial score (nSPS) is 13.3. The molecule has 0 spiro atoms. The predicted molar refractivity (Wildman–Crippen MR) is 74.8 cm³/mol. The molecule has 0 aromatic heterocycles. The summed E-state index contributed by atoms with van der Waals surface area (Å²) in [4.78, 5) is 2.22.